The summed E-state index contributed by atoms with van der Waals surface area (Å²) in [4.78, 5) is 17.5. The van der Waals surface area contributed by atoms with E-state index in [0.29, 0.717) is 5.84 Å². The number of carbonyl (C=O) groups is 1. The molecule has 1 aliphatic rings. The lowest BCUT2D eigenvalue weighted by Crippen LogP contribution is -2.18. The number of carbonyl (C=O) groups excluding carboxylic acids is 1. The molecule has 178 valence electrons. The molecule has 1 N–H and O–H groups in total. The molecule has 1 aromatic heterocycles. The number of amides is 1. The summed E-state index contributed by atoms with van der Waals surface area (Å²) in [6.45, 7) is 0. The Hall–Kier alpha value is -4.68. The normalized spacial score (nSPS) is 15.3. The van der Waals surface area contributed by atoms with Gasteiger partial charge >= 0.3 is 0 Å². The van der Waals surface area contributed by atoms with Crippen molar-refractivity contribution in [3.05, 3.63) is 132 Å². The van der Waals surface area contributed by atoms with Crippen molar-refractivity contribution in [2.24, 2.45) is 4.99 Å². The number of hydrogen-bond donors (Lipinski definition) is 1. The first kappa shape index (κ1) is 22.8. The number of para-hydroxylation sites is 1. The van der Waals surface area contributed by atoms with Gasteiger partial charge in [-0.25, -0.2) is 9.67 Å². The van der Waals surface area contributed by atoms with Crippen LogP contribution in [0.15, 0.2) is 131 Å². The van der Waals surface area contributed by atoms with Crippen molar-refractivity contribution in [3.63, 3.8) is 0 Å². The highest BCUT2D eigenvalue weighted by Gasteiger charge is 2.23. The van der Waals surface area contributed by atoms with Gasteiger partial charge in [-0.1, -0.05) is 91.0 Å². The minimum atomic E-state index is -0.130. The molecule has 6 heteroatoms. The monoisotopic (exact) mass is 498 g/mol. The van der Waals surface area contributed by atoms with Crippen LogP contribution in [0.25, 0.3) is 34.3 Å². The van der Waals surface area contributed by atoms with E-state index in [2.05, 4.69) is 40.6 Å². The van der Waals surface area contributed by atoms with E-state index >= 15 is 0 Å². The number of rotatable bonds is 5. The predicted molar refractivity (Wildman–Crippen MR) is 152 cm³/mol. The summed E-state index contributed by atoms with van der Waals surface area (Å²) in [5, 5.41) is 7.67. The van der Waals surface area contributed by atoms with Crippen LogP contribution in [-0.2, 0) is 0 Å². The van der Waals surface area contributed by atoms with Crippen LogP contribution in [-0.4, -0.2) is 20.9 Å². The van der Waals surface area contributed by atoms with Gasteiger partial charge in [-0.15, -0.1) is 0 Å². The molecule has 5 nitrogen and oxygen atoms in total. The van der Waals surface area contributed by atoms with Crippen molar-refractivity contribution in [1.82, 2.24) is 15.1 Å². The highest BCUT2D eigenvalue weighted by atomic mass is 32.2. The predicted octanol–water partition coefficient (Wildman–Crippen LogP) is 7.73. The standard InChI is InChI=1S/C31H22N4OS/c36-31-33-30(32-25-14-8-3-9-15-25)29(37-31)20-22-16-18-26(19-17-22)35-28(24-12-6-2-7-13-24)21-27(34-35)23-10-4-1-5-11-23/h1-21H,(H,32,33,36). The molecule has 1 aliphatic heterocycles. The van der Waals surface area contributed by atoms with Gasteiger partial charge in [0.05, 0.1) is 27.7 Å². The van der Waals surface area contributed by atoms with Gasteiger partial charge in [-0.3, -0.25) is 4.79 Å². The first-order chi connectivity index (χ1) is 18.2. The second-order valence-electron chi connectivity index (χ2n) is 8.47. The summed E-state index contributed by atoms with van der Waals surface area (Å²) in [6, 6.07) is 40.3. The Bertz CT molecular complexity index is 1610. The zero-order valence-electron chi connectivity index (χ0n) is 19.8. The number of amidine groups is 1. The Morgan fingerprint density at radius 3 is 2.05 bits per heavy atom. The minimum absolute atomic E-state index is 0.130. The van der Waals surface area contributed by atoms with Crippen LogP contribution in [0.3, 0.4) is 0 Å². The number of hydrogen-bond acceptors (Lipinski definition) is 4. The van der Waals surface area contributed by atoms with E-state index in [1.165, 1.54) is 0 Å². The summed E-state index contributed by atoms with van der Waals surface area (Å²) in [7, 11) is 0. The molecule has 0 saturated carbocycles. The van der Waals surface area contributed by atoms with Crippen molar-refractivity contribution in [1.29, 1.82) is 0 Å². The van der Waals surface area contributed by atoms with Crippen molar-refractivity contribution in [2.75, 3.05) is 0 Å². The van der Waals surface area contributed by atoms with Gasteiger partial charge in [-0.05, 0) is 53.7 Å². The van der Waals surface area contributed by atoms with Gasteiger partial charge in [0, 0.05) is 11.1 Å². The number of nitrogens with one attached hydrogen (secondary N) is 1. The van der Waals surface area contributed by atoms with Crippen LogP contribution in [0.1, 0.15) is 5.56 Å². The van der Waals surface area contributed by atoms with Crippen molar-refractivity contribution >= 4 is 34.6 Å². The van der Waals surface area contributed by atoms with Gasteiger partial charge < -0.3 is 5.32 Å². The van der Waals surface area contributed by atoms with Crippen LogP contribution >= 0.6 is 11.8 Å². The SMILES string of the molecule is O=C1NC(=Nc2ccccc2)C(=Cc2ccc(-n3nc(-c4ccccc4)cc3-c3ccccc3)cc2)S1. The second-order valence-corrected chi connectivity index (χ2v) is 9.48. The molecular weight excluding hydrogens is 476 g/mol. The Morgan fingerprint density at radius 2 is 1.38 bits per heavy atom. The van der Waals surface area contributed by atoms with Gasteiger partial charge in [0.25, 0.3) is 5.24 Å². The molecule has 1 saturated heterocycles. The molecular formula is C31H22N4OS. The van der Waals surface area contributed by atoms with Crippen LogP contribution < -0.4 is 5.32 Å². The van der Waals surface area contributed by atoms with Crippen molar-refractivity contribution in [3.8, 4) is 28.2 Å². The molecule has 6 rings (SSSR count). The highest BCUT2D eigenvalue weighted by Crippen LogP contribution is 2.31. The number of benzene rings is 4. The molecule has 0 aliphatic carbocycles. The fraction of sp³-hybridized carbons (Fsp3) is 0. The molecule has 0 bridgehead atoms. The zero-order valence-corrected chi connectivity index (χ0v) is 20.6. The molecule has 0 unspecified atom stereocenters. The molecule has 1 fully saturated rings. The summed E-state index contributed by atoms with van der Waals surface area (Å²) in [5.74, 6) is 0.566. The maximum Gasteiger partial charge on any atom is 0.289 e. The van der Waals surface area contributed by atoms with E-state index in [-0.39, 0.29) is 5.24 Å². The minimum Gasteiger partial charge on any atom is -0.300 e. The summed E-state index contributed by atoms with van der Waals surface area (Å²) >= 11 is 1.15. The smallest absolute Gasteiger partial charge is 0.289 e. The third kappa shape index (κ3) is 5.01. The van der Waals surface area contributed by atoms with E-state index in [9.17, 15) is 4.79 Å². The fourth-order valence-corrected chi connectivity index (χ4v) is 4.89. The summed E-state index contributed by atoms with van der Waals surface area (Å²) < 4.78 is 1.98. The fourth-order valence-electron chi connectivity index (χ4n) is 4.15. The van der Waals surface area contributed by atoms with Crippen LogP contribution in [0, 0.1) is 0 Å². The molecule has 4 aromatic carbocycles. The maximum absolute atomic E-state index is 12.1. The van der Waals surface area contributed by atoms with Gasteiger partial charge in [0.2, 0.25) is 0 Å². The molecule has 5 aromatic rings. The van der Waals surface area contributed by atoms with Gasteiger partial charge in [-0.2, -0.15) is 5.10 Å². The third-order valence-corrected chi connectivity index (χ3v) is 6.76. The maximum atomic E-state index is 12.1. The third-order valence-electron chi connectivity index (χ3n) is 5.94. The van der Waals surface area contributed by atoms with Crippen molar-refractivity contribution in [2.45, 2.75) is 0 Å². The zero-order chi connectivity index (χ0) is 25.0. The number of nitrogens with zero attached hydrogens (tertiary/aromatic N) is 3. The van der Waals surface area contributed by atoms with Crippen molar-refractivity contribution < 1.29 is 4.79 Å². The Balaban J connectivity index is 1.35. The van der Waals surface area contributed by atoms with E-state index in [1.54, 1.807) is 0 Å². The second kappa shape index (κ2) is 10.1. The van der Waals surface area contributed by atoms with E-state index in [0.717, 1.165) is 56.1 Å². The first-order valence-electron chi connectivity index (χ1n) is 11.9. The lowest BCUT2D eigenvalue weighted by molar-refractivity contribution is 0.265. The molecule has 2 heterocycles. The molecule has 1 amide bonds. The molecule has 0 spiro atoms. The first-order valence-corrected chi connectivity index (χ1v) is 12.7. The Labute approximate surface area is 219 Å². The Kier molecular flexibility index (Phi) is 6.23. The Morgan fingerprint density at radius 1 is 0.757 bits per heavy atom. The quantitative estimate of drug-likeness (QED) is 0.270. The number of aliphatic imine (C=N–C) groups is 1. The largest absolute Gasteiger partial charge is 0.300 e. The van der Waals surface area contributed by atoms with E-state index < -0.39 is 0 Å². The summed E-state index contributed by atoms with van der Waals surface area (Å²) in [5.41, 5.74) is 6.82. The number of thioether (sulfide) groups is 1. The van der Waals surface area contributed by atoms with Crippen LogP contribution in [0.2, 0.25) is 0 Å². The van der Waals surface area contributed by atoms with Crippen LogP contribution in [0.4, 0.5) is 10.5 Å². The molecule has 0 radical (unpaired) electrons. The highest BCUT2D eigenvalue weighted by molar-refractivity contribution is 8.18. The average molecular weight is 499 g/mol. The topological polar surface area (TPSA) is 59.3 Å². The molecule has 37 heavy (non-hydrogen) atoms. The van der Waals surface area contributed by atoms with E-state index in [4.69, 9.17) is 5.10 Å². The van der Waals surface area contributed by atoms with Crippen LogP contribution in [0.5, 0.6) is 0 Å². The lowest BCUT2D eigenvalue weighted by atomic mass is 10.1. The van der Waals surface area contributed by atoms with Gasteiger partial charge in [0.15, 0.2) is 0 Å². The van der Waals surface area contributed by atoms with E-state index in [1.807, 2.05) is 102 Å². The molecule has 0 atom stereocenters. The number of aromatic nitrogens is 2. The lowest BCUT2D eigenvalue weighted by Gasteiger charge is -2.08. The summed E-state index contributed by atoms with van der Waals surface area (Å²) in [6.07, 6.45) is 1.98. The van der Waals surface area contributed by atoms with Gasteiger partial charge in [0.1, 0.15) is 5.84 Å². The average Bonchev–Trinajstić information content (AvgIpc) is 3.54.